The molecule has 2 aromatic rings. The van der Waals surface area contributed by atoms with Crippen LogP contribution in [0.25, 0.3) is 0 Å². The summed E-state index contributed by atoms with van der Waals surface area (Å²) in [4.78, 5) is -0.277. The zero-order valence-corrected chi connectivity index (χ0v) is 15.3. The molecule has 0 fully saturated rings. The predicted octanol–water partition coefficient (Wildman–Crippen LogP) is 3.04. The second-order valence-corrected chi connectivity index (χ2v) is 7.63. The smallest absolute Gasteiger partial charge is 0.394 e. The number of aliphatic hydroxyl groups excluding tert-OH is 1. The maximum Gasteiger partial charge on any atom is 0.416 e. The van der Waals surface area contributed by atoms with Crippen molar-refractivity contribution in [3.05, 3.63) is 65.2 Å². The number of ether oxygens (including phenoxy) is 1. The number of aryl methyl sites for hydroxylation is 1. The molecule has 0 saturated carbocycles. The molecule has 0 aliphatic heterocycles. The SMILES string of the molecule is Cc1ccc(C(CNS(=O)(=O)c2ccc(C(F)(F)F)cc2)OCCO)cc1. The van der Waals surface area contributed by atoms with Crippen LogP contribution in [-0.4, -0.2) is 33.3 Å². The van der Waals surface area contributed by atoms with Crippen LogP contribution in [0.5, 0.6) is 0 Å². The number of rotatable bonds is 8. The fourth-order valence-electron chi connectivity index (χ4n) is 2.34. The van der Waals surface area contributed by atoms with Crippen molar-refractivity contribution in [2.24, 2.45) is 0 Å². The van der Waals surface area contributed by atoms with Crippen molar-refractivity contribution in [3.8, 4) is 0 Å². The van der Waals surface area contributed by atoms with Gasteiger partial charge in [0.25, 0.3) is 0 Å². The van der Waals surface area contributed by atoms with Crippen molar-refractivity contribution in [1.82, 2.24) is 4.72 Å². The fraction of sp³-hybridized carbons (Fsp3) is 0.333. The molecule has 0 radical (unpaired) electrons. The number of hydrogen-bond acceptors (Lipinski definition) is 4. The summed E-state index contributed by atoms with van der Waals surface area (Å²) in [5.41, 5.74) is 0.805. The molecule has 9 heteroatoms. The van der Waals surface area contributed by atoms with E-state index in [9.17, 15) is 21.6 Å². The van der Waals surface area contributed by atoms with Crippen molar-refractivity contribution >= 4 is 10.0 Å². The molecule has 148 valence electrons. The topological polar surface area (TPSA) is 75.6 Å². The number of alkyl halides is 3. The highest BCUT2D eigenvalue weighted by molar-refractivity contribution is 7.89. The van der Waals surface area contributed by atoms with Gasteiger partial charge in [0.1, 0.15) is 0 Å². The molecule has 5 nitrogen and oxygen atoms in total. The predicted molar refractivity (Wildman–Crippen MR) is 93.6 cm³/mol. The van der Waals surface area contributed by atoms with Gasteiger partial charge in [0.05, 0.1) is 29.8 Å². The zero-order chi connectivity index (χ0) is 20.1. The second kappa shape index (κ2) is 8.83. The number of sulfonamides is 1. The Morgan fingerprint density at radius 2 is 1.67 bits per heavy atom. The molecule has 1 unspecified atom stereocenters. The van der Waals surface area contributed by atoms with E-state index in [0.717, 1.165) is 17.7 Å². The number of halogens is 3. The van der Waals surface area contributed by atoms with Gasteiger partial charge in [-0.3, -0.25) is 0 Å². The Kier molecular flexibility index (Phi) is 6.99. The molecule has 0 heterocycles. The Morgan fingerprint density at radius 1 is 1.07 bits per heavy atom. The van der Waals surface area contributed by atoms with Crippen molar-refractivity contribution in [2.75, 3.05) is 19.8 Å². The monoisotopic (exact) mass is 403 g/mol. The molecular weight excluding hydrogens is 383 g/mol. The molecular formula is C18H20F3NO4S. The van der Waals surface area contributed by atoms with E-state index in [1.54, 1.807) is 12.1 Å². The van der Waals surface area contributed by atoms with Crippen LogP contribution < -0.4 is 4.72 Å². The molecule has 27 heavy (non-hydrogen) atoms. The van der Waals surface area contributed by atoms with Gasteiger partial charge in [-0.05, 0) is 36.8 Å². The van der Waals surface area contributed by atoms with Gasteiger partial charge in [-0.1, -0.05) is 29.8 Å². The third-order valence-electron chi connectivity index (χ3n) is 3.81. The van der Waals surface area contributed by atoms with E-state index in [1.165, 1.54) is 0 Å². The van der Waals surface area contributed by atoms with Gasteiger partial charge in [0.2, 0.25) is 10.0 Å². The maximum atomic E-state index is 12.6. The average molecular weight is 403 g/mol. The Morgan fingerprint density at radius 3 is 2.19 bits per heavy atom. The summed E-state index contributed by atoms with van der Waals surface area (Å²) in [7, 11) is -4.02. The van der Waals surface area contributed by atoms with Crippen LogP contribution >= 0.6 is 0 Å². The summed E-state index contributed by atoms with van der Waals surface area (Å²) < 4.78 is 70.4. The number of aliphatic hydroxyl groups is 1. The van der Waals surface area contributed by atoms with Crippen LogP contribution in [0.2, 0.25) is 0 Å². The molecule has 0 bridgehead atoms. The van der Waals surface area contributed by atoms with Crippen LogP contribution in [0, 0.1) is 6.92 Å². The number of hydrogen-bond donors (Lipinski definition) is 2. The number of nitrogens with one attached hydrogen (secondary N) is 1. The van der Waals surface area contributed by atoms with Crippen LogP contribution in [0.4, 0.5) is 13.2 Å². The summed E-state index contributed by atoms with van der Waals surface area (Å²) in [6.45, 7) is 1.56. The van der Waals surface area contributed by atoms with Crippen molar-refractivity contribution in [3.63, 3.8) is 0 Å². The normalized spacial score (nSPS) is 13.5. The van der Waals surface area contributed by atoms with E-state index in [-0.39, 0.29) is 24.7 Å². The largest absolute Gasteiger partial charge is 0.416 e. The van der Waals surface area contributed by atoms with Crippen LogP contribution in [-0.2, 0) is 20.9 Å². The summed E-state index contributed by atoms with van der Waals surface area (Å²) in [5, 5.41) is 8.95. The van der Waals surface area contributed by atoms with E-state index >= 15 is 0 Å². The molecule has 0 aliphatic carbocycles. The maximum absolute atomic E-state index is 12.6. The third kappa shape index (κ3) is 6.03. The lowest BCUT2D eigenvalue weighted by Crippen LogP contribution is -2.30. The molecule has 0 aliphatic rings. The summed E-state index contributed by atoms with van der Waals surface area (Å²) in [6.07, 6.45) is -5.19. The van der Waals surface area contributed by atoms with Gasteiger partial charge in [-0.15, -0.1) is 0 Å². The van der Waals surface area contributed by atoms with E-state index in [2.05, 4.69) is 4.72 Å². The van der Waals surface area contributed by atoms with Crippen LogP contribution in [0.1, 0.15) is 22.8 Å². The van der Waals surface area contributed by atoms with E-state index in [0.29, 0.717) is 17.7 Å². The zero-order valence-electron chi connectivity index (χ0n) is 14.5. The Labute approximate surface area is 155 Å². The highest BCUT2D eigenvalue weighted by Crippen LogP contribution is 2.29. The first-order valence-corrected chi connectivity index (χ1v) is 9.58. The highest BCUT2D eigenvalue weighted by atomic mass is 32.2. The molecule has 0 aromatic heterocycles. The minimum absolute atomic E-state index is 0.0144. The van der Waals surface area contributed by atoms with Gasteiger partial charge < -0.3 is 9.84 Å². The van der Waals surface area contributed by atoms with Gasteiger partial charge in [0, 0.05) is 6.54 Å². The van der Waals surface area contributed by atoms with Crippen LogP contribution in [0.15, 0.2) is 53.4 Å². The van der Waals surface area contributed by atoms with Crippen molar-refractivity contribution < 1.29 is 31.4 Å². The first-order valence-electron chi connectivity index (χ1n) is 8.09. The highest BCUT2D eigenvalue weighted by Gasteiger charge is 2.30. The first kappa shape index (κ1) is 21.4. The van der Waals surface area contributed by atoms with E-state index in [4.69, 9.17) is 9.84 Å². The lowest BCUT2D eigenvalue weighted by Gasteiger charge is -2.19. The minimum atomic E-state index is -4.54. The molecule has 1 atom stereocenters. The van der Waals surface area contributed by atoms with Gasteiger partial charge in [-0.2, -0.15) is 13.2 Å². The fourth-order valence-corrected chi connectivity index (χ4v) is 3.37. The van der Waals surface area contributed by atoms with Crippen LogP contribution in [0.3, 0.4) is 0 Å². The second-order valence-electron chi connectivity index (χ2n) is 5.87. The van der Waals surface area contributed by atoms with Gasteiger partial charge in [0.15, 0.2) is 0 Å². The molecule has 0 spiro atoms. The van der Waals surface area contributed by atoms with E-state index < -0.39 is 27.9 Å². The molecule has 0 saturated heterocycles. The minimum Gasteiger partial charge on any atom is -0.394 e. The Balaban J connectivity index is 2.13. The molecule has 0 amide bonds. The molecule has 2 N–H and O–H groups in total. The first-order chi connectivity index (χ1) is 12.6. The Hall–Kier alpha value is -1.94. The third-order valence-corrected chi connectivity index (χ3v) is 5.25. The standard InChI is InChI=1S/C18H20F3NO4S/c1-13-2-4-14(5-3-13)17(26-11-10-23)12-22-27(24,25)16-8-6-15(7-9-16)18(19,20)21/h2-9,17,22-23H,10-12H2,1H3. The van der Waals surface area contributed by atoms with Crippen molar-refractivity contribution in [1.29, 1.82) is 0 Å². The molecule has 2 rings (SSSR count). The summed E-state index contributed by atoms with van der Waals surface area (Å²) in [5.74, 6) is 0. The van der Waals surface area contributed by atoms with Gasteiger partial charge >= 0.3 is 6.18 Å². The summed E-state index contributed by atoms with van der Waals surface area (Å²) in [6, 6.07) is 10.5. The number of benzene rings is 2. The van der Waals surface area contributed by atoms with Gasteiger partial charge in [-0.25, -0.2) is 13.1 Å². The lowest BCUT2D eigenvalue weighted by molar-refractivity contribution is -0.137. The Bertz CT molecular complexity index is 834. The van der Waals surface area contributed by atoms with Crippen molar-refractivity contribution in [2.45, 2.75) is 24.1 Å². The lowest BCUT2D eigenvalue weighted by atomic mass is 10.1. The van der Waals surface area contributed by atoms with E-state index in [1.807, 2.05) is 19.1 Å². The average Bonchev–Trinajstić information content (AvgIpc) is 2.62. The molecule has 2 aromatic carbocycles. The summed E-state index contributed by atoms with van der Waals surface area (Å²) >= 11 is 0. The quantitative estimate of drug-likeness (QED) is 0.711.